The number of hydrogen-bond donors (Lipinski definition) is 1. The monoisotopic (exact) mass is 481 g/mol. The normalized spacial score (nSPS) is 41.9. The van der Waals surface area contributed by atoms with E-state index in [1.807, 2.05) is 12.4 Å². The van der Waals surface area contributed by atoms with Crippen LogP contribution in [0.1, 0.15) is 69.8 Å². The van der Waals surface area contributed by atoms with Crippen LogP contribution < -0.4 is 5.32 Å². The lowest BCUT2D eigenvalue weighted by Crippen LogP contribution is -2.57. The van der Waals surface area contributed by atoms with Crippen LogP contribution in [0.5, 0.6) is 0 Å². The minimum atomic E-state index is -0.0605. The molecule has 2 saturated heterocycles. The lowest BCUT2D eigenvalue weighted by molar-refractivity contribution is -0.141. The maximum absolute atomic E-state index is 7.55. The van der Waals surface area contributed by atoms with E-state index in [1.54, 1.807) is 5.57 Å². The summed E-state index contributed by atoms with van der Waals surface area (Å²) in [6.07, 6.45) is 19.1. The quantitative estimate of drug-likeness (QED) is 0.593. The zero-order valence-corrected chi connectivity index (χ0v) is 21.6. The first-order valence-corrected chi connectivity index (χ1v) is 14.5. The Kier molecular flexibility index (Phi) is 4.74. The molecule has 2 aromatic rings. The molecule has 1 aromatic carbocycles. The summed E-state index contributed by atoms with van der Waals surface area (Å²) in [4.78, 5) is 7.15. The molecule has 2 spiro atoms. The molecule has 2 bridgehead atoms. The SMILES string of the molecule is C[C@@]12CC=C3C=C4CC[C@@H](N5CCNCC5)C[C@]45CC[C@]3(O5)[C@@H]1CCC2c1ccc2ccncc2c1. The molecule has 4 nitrogen and oxygen atoms in total. The van der Waals surface area contributed by atoms with Gasteiger partial charge in [-0.25, -0.2) is 0 Å². The van der Waals surface area contributed by atoms with Crippen LogP contribution >= 0.6 is 0 Å². The zero-order valence-electron chi connectivity index (χ0n) is 21.6. The Labute approximate surface area is 215 Å². The first-order chi connectivity index (χ1) is 17.6. The summed E-state index contributed by atoms with van der Waals surface area (Å²) in [5.41, 5.74) is 4.85. The first kappa shape index (κ1) is 22.0. The van der Waals surface area contributed by atoms with Crippen LogP contribution in [0, 0.1) is 11.3 Å². The molecule has 1 unspecified atom stereocenters. The van der Waals surface area contributed by atoms with Crippen LogP contribution in [0.2, 0.25) is 0 Å². The summed E-state index contributed by atoms with van der Waals surface area (Å²) >= 11 is 0. The topological polar surface area (TPSA) is 37.4 Å². The van der Waals surface area contributed by atoms with E-state index >= 15 is 0 Å². The van der Waals surface area contributed by atoms with E-state index in [2.05, 4.69) is 58.5 Å². The fraction of sp³-hybridized carbons (Fsp3) is 0.594. The number of aromatic nitrogens is 1. The molecule has 4 heteroatoms. The minimum absolute atomic E-state index is 0.00388. The van der Waals surface area contributed by atoms with Gasteiger partial charge in [-0.15, -0.1) is 0 Å². The summed E-state index contributed by atoms with van der Waals surface area (Å²) in [5.74, 6) is 1.20. The average Bonchev–Trinajstić information content (AvgIpc) is 3.43. The third-order valence-electron chi connectivity index (χ3n) is 11.4. The highest BCUT2D eigenvalue weighted by Crippen LogP contribution is 2.69. The second kappa shape index (κ2) is 7.75. The number of nitrogens with one attached hydrogen (secondary N) is 1. The molecule has 2 saturated carbocycles. The van der Waals surface area contributed by atoms with Gasteiger partial charge in [-0.05, 0) is 103 Å². The number of piperazine rings is 1. The van der Waals surface area contributed by atoms with Gasteiger partial charge in [0.05, 0.1) is 11.2 Å². The van der Waals surface area contributed by atoms with Crippen LogP contribution in [0.4, 0.5) is 0 Å². The highest BCUT2D eigenvalue weighted by molar-refractivity contribution is 5.82. The molecule has 1 N–H and O–H groups in total. The van der Waals surface area contributed by atoms with Gasteiger partial charge >= 0.3 is 0 Å². The van der Waals surface area contributed by atoms with Gasteiger partial charge in [0.2, 0.25) is 0 Å². The highest BCUT2D eigenvalue weighted by Gasteiger charge is 2.66. The number of fused-ring (bicyclic) bond motifs is 2. The van der Waals surface area contributed by atoms with E-state index in [0.717, 1.165) is 13.1 Å². The molecular weight excluding hydrogens is 442 g/mol. The van der Waals surface area contributed by atoms with E-state index in [-0.39, 0.29) is 16.6 Å². The number of rotatable bonds is 2. The van der Waals surface area contributed by atoms with Crippen LogP contribution in [-0.2, 0) is 4.74 Å². The maximum Gasteiger partial charge on any atom is 0.0974 e. The Morgan fingerprint density at radius 2 is 1.97 bits per heavy atom. The van der Waals surface area contributed by atoms with Gasteiger partial charge in [0.15, 0.2) is 0 Å². The van der Waals surface area contributed by atoms with E-state index in [4.69, 9.17) is 4.74 Å². The molecule has 6 aliphatic rings. The Hall–Kier alpha value is -2.01. The molecule has 6 atom stereocenters. The summed E-state index contributed by atoms with van der Waals surface area (Å²) in [5, 5.41) is 6.10. The minimum Gasteiger partial charge on any atom is -0.359 e. The lowest BCUT2D eigenvalue weighted by atomic mass is 9.58. The third kappa shape index (κ3) is 2.95. The summed E-state index contributed by atoms with van der Waals surface area (Å²) in [6, 6.07) is 9.93. The van der Waals surface area contributed by atoms with Crippen molar-refractivity contribution in [1.29, 1.82) is 0 Å². The van der Waals surface area contributed by atoms with E-state index in [1.165, 1.54) is 86.4 Å². The molecule has 36 heavy (non-hydrogen) atoms. The van der Waals surface area contributed by atoms with Crippen LogP contribution in [0.3, 0.4) is 0 Å². The van der Waals surface area contributed by atoms with Crippen molar-refractivity contribution >= 4 is 10.8 Å². The number of pyridine rings is 1. The predicted octanol–water partition coefficient (Wildman–Crippen LogP) is 5.75. The molecule has 4 fully saturated rings. The van der Waals surface area contributed by atoms with Crippen molar-refractivity contribution in [3.05, 3.63) is 65.5 Å². The van der Waals surface area contributed by atoms with Crippen LogP contribution in [0.25, 0.3) is 10.8 Å². The molecule has 1 aromatic heterocycles. The van der Waals surface area contributed by atoms with Crippen molar-refractivity contribution in [1.82, 2.24) is 15.2 Å². The lowest BCUT2D eigenvalue weighted by Gasteiger charge is -2.55. The van der Waals surface area contributed by atoms with Crippen LogP contribution in [-0.4, -0.2) is 53.3 Å². The smallest absolute Gasteiger partial charge is 0.0974 e. The van der Waals surface area contributed by atoms with Crippen molar-refractivity contribution < 1.29 is 4.74 Å². The van der Waals surface area contributed by atoms with Gasteiger partial charge in [-0.1, -0.05) is 31.2 Å². The predicted molar refractivity (Wildman–Crippen MR) is 144 cm³/mol. The number of benzene rings is 1. The maximum atomic E-state index is 7.55. The Balaban J connectivity index is 1.13. The average molecular weight is 482 g/mol. The van der Waals surface area contributed by atoms with E-state index < -0.39 is 0 Å². The van der Waals surface area contributed by atoms with Gasteiger partial charge < -0.3 is 10.1 Å². The molecule has 0 radical (unpaired) electrons. The van der Waals surface area contributed by atoms with Gasteiger partial charge in [0.25, 0.3) is 0 Å². The molecule has 8 rings (SSSR count). The molecule has 188 valence electrons. The van der Waals surface area contributed by atoms with Crippen molar-refractivity contribution in [2.75, 3.05) is 26.2 Å². The number of allylic oxidation sites excluding steroid dienone is 1. The van der Waals surface area contributed by atoms with E-state index in [9.17, 15) is 0 Å². The second-order valence-corrected chi connectivity index (χ2v) is 12.9. The van der Waals surface area contributed by atoms with Gasteiger partial charge in [-0.3, -0.25) is 9.88 Å². The summed E-state index contributed by atoms with van der Waals surface area (Å²) in [6.45, 7) is 7.25. The van der Waals surface area contributed by atoms with Crippen molar-refractivity contribution in [2.24, 2.45) is 11.3 Å². The second-order valence-electron chi connectivity index (χ2n) is 12.9. The Bertz CT molecular complexity index is 1280. The number of ether oxygens (including phenoxy) is 1. The molecular formula is C32H39N3O. The van der Waals surface area contributed by atoms with Crippen molar-refractivity contribution in [3.8, 4) is 0 Å². The van der Waals surface area contributed by atoms with E-state index in [0.29, 0.717) is 17.9 Å². The summed E-state index contributed by atoms with van der Waals surface area (Å²) in [7, 11) is 0. The Morgan fingerprint density at radius 1 is 1.06 bits per heavy atom. The molecule has 3 aliphatic heterocycles. The van der Waals surface area contributed by atoms with Gasteiger partial charge in [0, 0.05) is 50.0 Å². The van der Waals surface area contributed by atoms with Crippen molar-refractivity contribution in [2.45, 2.75) is 81.5 Å². The van der Waals surface area contributed by atoms with Crippen molar-refractivity contribution in [3.63, 3.8) is 0 Å². The fourth-order valence-electron chi connectivity index (χ4n) is 9.61. The first-order valence-electron chi connectivity index (χ1n) is 14.5. The largest absolute Gasteiger partial charge is 0.359 e. The zero-order chi connectivity index (χ0) is 24.0. The number of hydrogen-bond acceptors (Lipinski definition) is 4. The van der Waals surface area contributed by atoms with Gasteiger partial charge in [0.1, 0.15) is 0 Å². The fourth-order valence-corrected chi connectivity index (χ4v) is 9.61. The summed E-state index contributed by atoms with van der Waals surface area (Å²) < 4.78 is 7.55. The van der Waals surface area contributed by atoms with Crippen LogP contribution in [0.15, 0.2) is 60.0 Å². The third-order valence-corrected chi connectivity index (χ3v) is 11.4. The van der Waals surface area contributed by atoms with Gasteiger partial charge in [-0.2, -0.15) is 0 Å². The highest BCUT2D eigenvalue weighted by atomic mass is 16.5. The molecule has 0 amide bonds. The Morgan fingerprint density at radius 3 is 2.89 bits per heavy atom. The molecule has 3 aliphatic carbocycles. The standard InChI is InChI=1S/C32H39N3O/c1-30-10-8-26-19-25-4-5-27(35-16-14-33-15-17-35)20-31(25)11-12-32(26,36-31)29(30)7-6-28(30)23-3-2-22-9-13-34-21-24(22)18-23/h2-3,8-9,13,18-19,21,27-29,33H,4-7,10-12,14-17,20H2,1H3/t27-,28?,29-,30+,31-,32-/m1/s1. The number of nitrogens with zero attached hydrogens (tertiary/aromatic N) is 2. The molecule has 4 heterocycles.